The van der Waals surface area contributed by atoms with E-state index in [0.29, 0.717) is 6.04 Å². The molecule has 0 saturated carbocycles. The van der Waals surface area contributed by atoms with E-state index >= 15 is 0 Å². The molecule has 5 heteroatoms. The summed E-state index contributed by atoms with van der Waals surface area (Å²) >= 11 is 3.49. The van der Waals surface area contributed by atoms with Gasteiger partial charge in [-0.2, -0.15) is 0 Å². The van der Waals surface area contributed by atoms with Crippen LogP contribution >= 0.6 is 28.3 Å². The van der Waals surface area contributed by atoms with Crippen LogP contribution in [0.4, 0.5) is 0 Å². The predicted molar refractivity (Wildman–Crippen MR) is 84.1 cm³/mol. The van der Waals surface area contributed by atoms with Gasteiger partial charge in [-0.3, -0.25) is 4.79 Å². The SMILES string of the molecule is CNCC1CCCN1C(=O)c1ccc(C)c(Br)c1.Cl. The molecule has 1 heterocycles. The summed E-state index contributed by atoms with van der Waals surface area (Å²) in [4.78, 5) is 14.5. The molecule has 1 unspecified atom stereocenters. The largest absolute Gasteiger partial charge is 0.334 e. The minimum absolute atomic E-state index is 0. The van der Waals surface area contributed by atoms with Crippen LogP contribution in [0.5, 0.6) is 0 Å². The van der Waals surface area contributed by atoms with Crippen molar-refractivity contribution in [2.24, 2.45) is 0 Å². The Hall–Kier alpha value is -0.580. The van der Waals surface area contributed by atoms with Crippen LogP contribution in [0, 0.1) is 6.92 Å². The number of rotatable bonds is 3. The molecule has 106 valence electrons. The van der Waals surface area contributed by atoms with Crippen molar-refractivity contribution in [3.63, 3.8) is 0 Å². The highest BCUT2D eigenvalue weighted by Gasteiger charge is 2.28. The number of hydrogen-bond acceptors (Lipinski definition) is 2. The van der Waals surface area contributed by atoms with Crippen molar-refractivity contribution in [2.75, 3.05) is 20.1 Å². The molecule has 2 rings (SSSR count). The van der Waals surface area contributed by atoms with Crippen LogP contribution in [-0.2, 0) is 0 Å². The van der Waals surface area contributed by atoms with Gasteiger partial charge in [-0.1, -0.05) is 22.0 Å². The molecule has 1 aromatic carbocycles. The monoisotopic (exact) mass is 346 g/mol. The van der Waals surface area contributed by atoms with Crippen LogP contribution in [0.3, 0.4) is 0 Å². The molecule has 0 bridgehead atoms. The molecule has 1 aliphatic heterocycles. The molecule has 1 saturated heterocycles. The van der Waals surface area contributed by atoms with Crippen LogP contribution in [0.25, 0.3) is 0 Å². The molecule has 1 fully saturated rings. The lowest BCUT2D eigenvalue weighted by atomic mass is 10.1. The Kier molecular flexibility index (Phi) is 6.30. The molecule has 19 heavy (non-hydrogen) atoms. The van der Waals surface area contributed by atoms with Gasteiger partial charge in [0.1, 0.15) is 0 Å². The smallest absolute Gasteiger partial charge is 0.254 e. The van der Waals surface area contributed by atoms with E-state index in [-0.39, 0.29) is 18.3 Å². The quantitative estimate of drug-likeness (QED) is 0.911. The first-order valence-corrected chi connectivity index (χ1v) is 7.14. The number of carbonyl (C=O) groups is 1. The van der Waals surface area contributed by atoms with Gasteiger partial charge >= 0.3 is 0 Å². The molecule has 0 spiro atoms. The van der Waals surface area contributed by atoms with Crippen molar-refractivity contribution >= 4 is 34.2 Å². The van der Waals surface area contributed by atoms with Gasteiger partial charge in [0.05, 0.1) is 0 Å². The molecule has 1 N–H and O–H groups in total. The summed E-state index contributed by atoms with van der Waals surface area (Å²) in [6.45, 7) is 3.77. The average Bonchev–Trinajstić information content (AvgIpc) is 2.80. The number of hydrogen-bond donors (Lipinski definition) is 1. The summed E-state index contributed by atoms with van der Waals surface area (Å²) in [5, 5.41) is 3.16. The van der Waals surface area contributed by atoms with Crippen molar-refractivity contribution in [1.82, 2.24) is 10.2 Å². The van der Waals surface area contributed by atoms with E-state index in [1.54, 1.807) is 0 Å². The van der Waals surface area contributed by atoms with Crippen LogP contribution in [0.2, 0.25) is 0 Å². The third-order valence-corrected chi connectivity index (χ3v) is 4.35. The van der Waals surface area contributed by atoms with Crippen molar-refractivity contribution in [3.8, 4) is 0 Å². The zero-order chi connectivity index (χ0) is 13.1. The third-order valence-electron chi connectivity index (χ3n) is 3.50. The van der Waals surface area contributed by atoms with E-state index in [0.717, 1.165) is 41.5 Å². The zero-order valence-electron chi connectivity index (χ0n) is 11.3. The summed E-state index contributed by atoms with van der Waals surface area (Å²) in [5.74, 6) is 0.147. The fourth-order valence-electron chi connectivity index (χ4n) is 2.44. The Morgan fingerprint density at radius 3 is 2.89 bits per heavy atom. The maximum absolute atomic E-state index is 12.5. The predicted octanol–water partition coefficient (Wildman–Crippen LogP) is 3.00. The Morgan fingerprint density at radius 2 is 2.26 bits per heavy atom. The van der Waals surface area contributed by atoms with E-state index in [2.05, 4.69) is 21.2 Å². The molecule has 0 aliphatic carbocycles. The second kappa shape index (κ2) is 7.27. The number of nitrogens with zero attached hydrogens (tertiary/aromatic N) is 1. The normalized spacial score (nSPS) is 18.3. The van der Waals surface area contributed by atoms with Crippen molar-refractivity contribution in [1.29, 1.82) is 0 Å². The molecule has 3 nitrogen and oxygen atoms in total. The van der Waals surface area contributed by atoms with Crippen LogP contribution in [0.1, 0.15) is 28.8 Å². The highest BCUT2D eigenvalue weighted by atomic mass is 79.9. The fourth-order valence-corrected chi connectivity index (χ4v) is 2.82. The Labute approximate surface area is 129 Å². The Morgan fingerprint density at radius 1 is 1.53 bits per heavy atom. The Balaban J connectivity index is 0.00000180. The van der Waals surface area contributed by atoms with E-state index in [1.807, 2.05) is 37.1 Å². The molecule has 1 aromatic rings. The number of amides is 1. The number of likely N-dealkylation sites (N-methyl/N-ethyl adjacent to an activating group) is 1. The minimum Gasteiger partial charge on any atom is -0.334 e. The highest BCUT2D eigenvalue weighted by molar-refractivity contribution is 9.10. The van der Waals surface area contributed by atoms with Gasteiger partial charge in [0.25, 0.3) is 5.91 Å². The van der Waals surface area contributed by atoms with Gasteiger partial charge < -0.3 is 10.2 Å². The van der Waals surface area contributed by atoms with Gasteiger partial charge in [-0.15, -0.1) is 12.4 Å². The topological polar surface area (TPSA) is 32.3 Å². The molecule has 1 atom stereocenters. The van der Waals surface area contributed by atoms with Crippen LogP contribution < -0.4 is 5.32 Å². The van der Waals surface area contributed by atoms with Crippen molar-refractivity contribution in [3.05, 3.63) is 33.8 Å². The lowest BCUT2D eigenvalue weighted by Gasteiger charge is -2.24. The average molecular weight is 348 g/mol. The number of benzene rings is 1. The second-order valence-electron chi connectivity index (χ2n) is 4.82. The van der Waals surface area contributed by atoms with Crippen molar-refractivity contribution < 1.29 is 4.79 Å². The number of halogens is 2. The third kappa shape index (κ3) is 3.71. The first kappa shape index (κ1) is 16.5. The fraction of sp³-hybridized carbons (Fsp3) is 0.500. The van der Waals surface area contributed by atoms with Crippen molar-refractivity contribution in [2.45, 2.75) is 25.8 Å². The van der Waals surface area contributed by atoms with Gasteiger partial charge in [0, 0.05) is 29.2 Å². The van der Waals surface area contributed by atoms with E-state index in [9.17, 15) is 4.79 Å². The minimum atomic E-state index is 0. The molecule has 1 aliphatic rings. The number of likely N-dealkylation sites (tertiary alicyclic amines) is 1. The number of carbonyl (C=O) groups excluding carboxylic acids is 1. The maximum Gasteiger partial charge on any atom is 0.254 e. The lowest BCUT2D eigenvalue weighted by Crippen LogP contribution is -2.40. The summed E-state index contributed by atoms with van der Waals surface area (Å²) in [5.41, 5.74) is 1.93. The van der Waals surface area contributed by atoms with Crippen LogP contribution in [0.15, 0.2) is 22.7 Å². The standard InChI is InChI=1S/C14H19BrN2O.ClH/c1-10-5-6-11(8-13(10)15)14(18)17-7-3-4-12(17)9-16-2;/h5-6,8,12,16H,3-4,7,9H2,1-2H3;1H. The first-order valence-electron chi connectivity index (χ1n) is 6.35. The van der Waals surface area contributed by atoms with E-state index < -0.39 is 0 Å². The van der Waals surface area contributed by atoms with Gasteiger partial charge in [0.2, 0.25) is 0 Å². The summed E-state index contributed by atoms with van der Waals surface area (Å²) in [6, 6.07) is 6.16. The molecular formula is C14H20BrClN2O. The first-order chi connectivity index (χ1) is 8.63. The summed E-state index contributed by atoms with van der Waals surface area (Å²) < 4.78 is 0.998. The molecule has 0 aromatic heterocycles. The molecule has 0 radical (unpaired) electrons. The highest BCUT2D eigenvalue weighted by Crippen LogP contribution is 2.23. The van der Waals surface area contributed by atoms with Crippen LogP contribution in [-0.4, -0.2) is 37.0 Å². The molecular weight excluding hydrogens is 328 g/mol. The second-order valence-corrected chi connectivity index (χ2v) is 5.67. The zero-order valence-corrected chi connectivity index (χ0v) is 13.7. The van der Waals surface area contributed by atoms with Gasteiger partial charge in [-0.05, 0) is 44.5 Å². The van der Waals surface area contributed by atoms with Gasteiger partial charge in [0.15, 0.2) is 0 Å². The summed E-state index contributed by atoms with van der Waals surface area (Å²) in [6.07, 6.45) is 2.20. The lowest BCUT2D eigenvalue weighted by molar-refractivity contribution is 0.0737. The summed E-state index contributed by atoms with van der Waals surface area (Å²) in [7, 11) is 1.93. The van der Waals surface area contributed by atoms with E-state index in [4.69, 9.17) is 0 Å². The maximum atomic E-state index is 12.5. The molecule has 1 amide bonds. The van der Waals surface area contributed by atoms with Gasteiger partial charge in [-0.25, -0.2) is 0 Å². The van der Waals surface area contributed by atoms with E-state index in [1.165, 1.54) is 0 Å². The Bertz CT molecular complexity index is 453. The number of nitrogens with one attached hydrogen (secondary N) is 1. The number of aryl methyl sites for hydroxylation is 1.